The molecule has 2 aromatic rings. The lowest BCUT2D eigenvalue weighted by atomic mass is 9.79. The van der Waals surface area contributed by atoms with E-state index in [1.54, 1.807) is 10.8 Å². The van der Waals surface area contributed by atoms with E-state index in [9.17, 15) is 19.8 Å². The second kappa shape index (κ2) is 16.2. The molecule has 6 nitrogen and oxygen atoms in total. The molecule has 2 aromatic carbocycles. The van der Waals surface area contributed by atoms with Gasteiger partial charge in [0, 0.05) is 58.0 Å². The Hall–Kier alpha value is -2.32. The molecule has 46 heavy (non-hydrogen) atoms. The fraction of sp³-hybridized carbons (Fsp3) is 0.632. The topological polar surface area (TPSA) is 98.7 Å². The smallest absolute Gasteiger partial charge is 0.224 e. The molecule has 0 spiro atoms. The molecule has 0 saturated carbocycles. The van der Waals surface area contributed by atoms with Crippen molar-refractivity contribution in [3.63, 3.8) is 0 Å². The molecular weight excluding hydrogens is 613 g/mol. The minimum atomic E-state index is -0.244. The zero-order valence-electron chi connectivity index (χ0n) is 30.5. The van der Waals surface area contributed by atoms with Crippen LogP contribution in [0, 0.1) is 0 Å². The quantitative estimate of drug-likeness (QED) is 0.0960. The standard InChI is InChI=1S/C38H60N2O4S2/c1-35(2,3)27-21-25(22-28(33(27)43)36(4,5)6)39-31(41)17-14-13-15-19-45-46-20-16-18-32(42)40-26-23-29(37(7,8)9)34(44)30(24-26)38(10,11)12/h21-24,43-44H,13-20H2,1-12H3,(H,39,41)(H,40,42). The van der Waals surface area contributed by atoms with E-state index in [4.69, 9.17) is 0 Å². The zero-order valence-corrected chi connectivity index (χ0v) is 32.1. The third kappa shape index (κ3) is 12.4. The Balaban J connectivity index is 1.71. The third-order valence-corrected chi connectivity index (χ3v) is 10.4. The minimum absolute atomic E-state index is 0.00211. The van der Waals surface area contributed by atoms with Gasteiger partial charge in [-0.3, -0.25) is 9.59 Å². The largest absolute Gasteiger partial charge is 0.507 e. The Kier molecular flexibility index (Phi) is 14.0. The number of amides is 2. The highest BCUT2D eigenvalue weighted by Crippen LogP contribution is 2.42. The van der Waals surface area contributed by atoms with E-state index in [0.29, 0.717) is 24.3 Å². The summed E-state index contributed by atoms with van der Waals surface area (Å²) in [6.45, 7) is 24.8. The van der Waals surface area contributed by atoms with Crippen molar-refractivity contribution in [2.45, 2.75) is 143 Å². The van der Waals surface area contributed by atoms with Gasteiger partial charge in [0.25, 0.3) is 0 Å². The SMILES string of the molecule is CC(C)(C)c1cc(NC(=O)CCCCCSSCCCC(=O)Nc2cc(C(C)(C)C)c(O)c(C(C)(C)C)c2)cc(C(C)(C)C)c1O. The van der Waals surface area contributed by atoms with Crippen molar-refractivity contribution >= 4 is 44.8 Å². The molecule has 0 saturated heterocycles. The van der Waals surface area contributed by atoms with Crippen molar-refractivity contribution in [2.75, 3.05) is 22.1 Å². The van der Waals surface area contributed by atoms with Gasteiger partial charge < -0.3 is 20.8 Å². The van der Waals surface area contributed by atoms with E-state index in [2.05, 4.69) is 93.7 Å². The van der Waals surface area contributed by atoms with Crippen LogP contribution in [0.25, 0.3) is 0 Å². The van der Waals surface area contributed by atoms with Gasteiger partial charge in [-0.1, -0.05) is 111 Å². The van der Waals surface area contributed by atoms with E-state index in [1.165, 1.54) is 0 Å². The van der Waals surface area contributed by atoms with Crippen molar-refractivity contribution in [1.29, 1.82) is 0 Å². The first-order valence-electron chi connectivity index (χ1n) is 16.6. The van der Waals surface area contributed by atoms with E-state index >= 15 is 0 Å². The number of benzene rings is 2. The van der Waals surface area contributed by atoms with Gasteiger partial charge >= 0.3 is 0 Å². The van der Waals surface area contributed by atoms with Gasteiger partial charge in [0.1, 0.15) is 11.5 Å². The summed E-state index contributed by atoms with van der Waals surface area (Å²) < 4.78 is 0. The number of carbonyl (C=O) groups excluding carboxylic acids is 2. The second-order valence-corrected chi connectivity index (χ2v) is 19.2. The first-order valence-corrected chi connectivity index (χ1v) is 19.1. The maximum Gasteiger partial charge on any atom is 0.224 e. The summed E-state index contributed by atoms with van der Waals surface area (Å²) in [6, 6.07) is 7.60. The average molecular weight is 673 g/mol. The number of nitrogens with one attached hydrogen (secondary N) is 2. The number of phenolic OH excluding ortho intramolecular Hbond substituents is 2. The van der Waals surface area contributed by atoms with Crippen LogP contribution in [0.15, 0.2) is 24.3 Å². The maximum atomic E-state index is 12.7. The Morgan fingerprint density at radius 2 is 0.826 bits per heavy atom. The predicted molar refractivity (Wildman–Crippen MR) is 201 cm³/mol. The normalized spacial score (nSPS) is 12.7. The molecule has 0 unspecified atom stereocenters. The monoisotopic (exact) mass is 672 g/mol. The molecule has 0 aromatic heterocycles. The van der Waals surface area contributed by atoms with Gasteiger partial charge in [-0.05, 0) is 65.2 Å². The molecule has 2 rings (SSSR count). The molecule has 258 valence electrons. The Labute approximate surface area is 287 Å². The van der Waals surface area contributed by atoms with Crippen molar-refractivity contribution in [3.8, 4) is 11.5 Å². The average Bonchev–Trinajstić information content (AvgIpc) is 2.88. The van der Waals surface area contributed by atoms with Crippen LogP contribution in [-0.2, 0) is 31.2 Å². The van der Waals surface area contributed by atoms with Crippen LogP contribution in [-0.4, -0.2) is 33.5 Å². The predicted octanol–water partition coefficient (Wildman–Crippen LogP) is 10.6. The molecule has 2 amide bonds. The summed E-state index contributed by atoms with van der Waals surface area (Å²) in [4.78, 5) is 25.4. The number of aromatic hydroxyl groups is 2. The number of rotatable bonds is 13. The van der Waals surface area contributed by atoms with Crippen LogP contribution in [0.5, 0.6) is 11.5 Å². The van der Waals surface area contributed by atoms with Gasteiger partial charge in [0.15, 0.2) is 0 Å². The minimum Gasteiger partial charge on any atom is -0.507 e. The summed E-state index contributed by atoms with van der Waals surface area (Å²) in [5.74, 6) is 2.53. The first-order chi connectivity index (χ1) is 21.0. The molecule has 4 N–H and O–H groups in total. The lowest BCUT2D eigenvalue weighted by Crippen LogP contribution is -2.19. The maximum absolute atomic E-state index is 12.7. The van der Waals surface area contributed by atoms with E-state index in [0.717, 1.165) is 70.8 Å². The summed E-state index contributed by atoms with van der Waals surface area (Å²) in [7, 11) is 3.62. The van der Waals surface area contributed by atoms with Gasteiger partial charge in [-0.15, -0.1) is 0 Å². The lowest BCUT2D eigenvalue weighted by molar-refractivity contribution is -0.117. The van der Waals surface area contributed by atoms with Crippen molar-refractivity contribution in [3.05, 3.63) is 46.5 Å². The molecule has 0 heterocycles. The molecule has 0 atom stereocenters. The third-order valence-electron chi connectivity index (χ3n) is 7.87. The molecule has 0 aliphatic heterocycles. The highest BCUT2D eigenvalue weighted by Gasteiger charge is 2.28. The second-order valence-electron chi connectivity index (χ2n) is 16.5. The van der Waals surface area contributed by atoms with Crippen LogP contribution in [0.2, 0.25) is 0 Å². The zero-order chi connectivity index (χ0) is 35.1. The van der Waals surface area contributed by atoms with Gasteiger partial charge in [-0.2, -0.15) is 0 Å². The number of unbranched alkanes of at least 4 members (excludes halogenated alkanes) is 2. The molecule has 8 heteroatoms. The number of hydrogen-bond acceptors (Lipinski definition) is 6. The number of phenols is 2. The number of anilines is 2. The number of hydrogen-bond donors (Lipinski definition) is 4. The summed E-state index contributed by atoms with van der Waals surface area (Å²) in [6.07, 6.45) is 4.58. The van der Waals surface area contributed by atoms with Gasteiger partial charge in [-0.25, -0.2) is 0 Å². The Bertz CT molecular complexity index is 1170. The lowest BCUT2D eigenvalue weighted by Gasteiger charge is -2.28. The summed E-state index contributed by atoms with van der Waals surface area (Å²) >= 11 is 0. The van der Waals surface area contributed by atoms with E-state index < -0.39 is 0 Å². The van der Waals surface area contributed by atoms with Crippen molar-refractivity contribution in [1.82, 2.24) is 0 Å². The van der Waals surface area contributed by atoms with Gasteiger partial charge in [0.2, 0.25) is 11.8 Å². The van der Waals surface area contributed by atoms with Crippen LogP contribution in [0.3, 0.4) is 0 Å². The van der Waals surface area contributed by atoms with Crippen LogP contribution in [0.1, 0.15) is 144 Å². The molecule has 0 aliphatic carbocycles. The fourth-order valence-corrected chi connectivity index (χ4v) is 7.41. The Morgan fingerprint density at radius 1 is 0.522 bits per heavy atom. The van der Waals surface area contributed by atoms with Crippen LogP contribution < -0.4 is 10.6 Å². The molecular formula is C38H60N2O4S2. The summed E-state index contributed by atoms with van der Waals surface area (Å²) in [5.41, 5.74) is 3.86. The van der Waals surface area contributed by atoms with Crippen molar-refractivity contribution in [2.24, 2.45) is 0 Å². The van der Waals surface area contributed by atoms with E-state index in [-0.39, 0.29) is 33.5 Å². The fourth-order valence-electron chi connectivity index (χ4n) is 5.18. The van der Waals surface area contributed by atoms with Gasteiger partial charge in [0.05, 0.1) is 0 Å². The van der Waals surface area contributed by atoms with E-state index in [1.807, 2.05) is 35.1 Å². The Morgan fingerprint density at radius 3 is 1.15 bits per heavy atom. The van der Waals surface area contributed by atoms with Crippen molar-refractivity contribution < 1.29 is 19.8 Å². The molecule has 0 bridgehead atoms. The highest BCUT2D eigenvalue weighted by atomic mass is 33.1. The first kappa shape index (κ1) is 39.9. The van der Waals surface area contributed by atoms with Crippen LogP contribution in [0.4, 0.5) is 11.4 Å². The molecule has 0 fully saturated rings. The summed E-state index contributed by atoms with van der Waals surface area (Å²) in [5, 5.41) is 27.9. The number of carbonyl (C=O) groups is 2. The highest BCUT2D eigenvalue weighted by molar-refractivity contribution is 8.76. The van der Waals surface area contributed by atoms with Crippen LogP contribution >= 0.6 is 21.6 Å². The molecule has 0 aliphatic rings. The molecule has 0 radical (unpaired) electrons.